The molecule has 4 heterocycles. The lowest BCUT2D eigenvalue weighted by Crippen LogP contribution is -2.36. The minimum Gasteiger partial charge on any atom is -0.356 e. The van der Waals surface area contributed by atoms with E-state index in [9.17, 15) is 13.2 Å². The zero-order chi connectivity index (χ0) is 20.7. The van der Waals surface area contributed by atoms with E-state index in [2.05, 4.69) is 14.9 Å². The molecule has 1 fully saturated rings. The molecule has 30 heavy (non-hydrogen) atoms. The summed E-state index contributed by atoms with van der Waals surface area (Å²) >= 11 is 1.11. The summed E-state index contributed by atoms with van der Waals surface area (Å²) < 4.78 is 38.9. The van der Waals surface area contributed by atoms with Gasteiger partial charge >= 0.3 is 6.18 Å². The van der Waals surface area contributed by atoms with Gasteiger partial charge in [-0.25, -0.2) is 15.0 Å². The number of alkyl halides is 3. The van der Waals surface area contributed by atoms with Gasteiger partial charge in [-0.05, 0) is 44.2 Å². The van der Waals surface area contributed by atoms with Crippen molar-refractivity contribution in [3.8, 4) is 11.4 Å². The minimum atomic E-state index is -4.39. The summed E-state index contributed by atoms with van der Waals surface area (Å²) in [7, 11) is 0. The van der Waals surface area contributed by atoms with E-state index in [1.54, 1.807) is 12.4 Å². The van der Waals surface area contributed by atoms with Gasteiger partial charge in [-0.1, -0.05) is 0 Å². The third kappa shape index (κ3) is 3.66. The van der Waals surface area contributed by atoms with E-state index in [-0.39, 0.29) is 5.92 Å². The number of rotatable bonds is 3. The Balaban J connectivity index is 1.46. The average molecular weight is 431 g/mol. The molecule has 0 bridgehead atoms. The van der Waals surface area contributed by atoms with Crippen molar-refractivity contribution in [3.63, 3.8) is 0 Å². The Morgan fingerprint density at radius 3 is 2.63 bits per heavy atom. The number of aryl methyl sites for hydroxylation is 1. The molecule has 1 aliphatic heterocycles. The molecule has 5 nitrogen and oxygen atoms in total. The van der Waals surface area contributed by atoms with Crippen molar-refractivity contribution in [1.29, 1.82) is 0 Å². The highest BCUT2D eigenvalue weighted by atomic mass is 32.1. The lowest BCUT2D eigenvalue weighted by molar-refractivity contribution is -0.140. The Morgan fingerprint density at radius 1 is 1.03 bits per heavy atom. The summed E-state index contributed by atoms with van der Waals surface area (Å²) in [6.45, 7) is 1.47. The first-order valence-corrected chi connectivity index (χ1v) is 10.9. The number of hydrogen-bond donors (Lipinski definition) is 0. The van der Waals surface area contributed by atoms with Gasteiger partial charge in [0, 0.05) is 53.6 Å². The summed E-state index contributed by atoms with van der Waals surface area (Å²) in [5.74, 6) is 1.60. The van der Waals surface area contributed by atoms with Gasteiger partial charge in [-0.15, -0.1) is 11.3 Å². The minimum absolute atomic E-state index is 0.0174. The summed E-state index contributed by atoms with van der Waals surface area (Å²) in [6.07, 6.45) is 3.72. The number of thiazole rings is 1. The van der Waals surface area contributed by atoms with Crippen LogP contribution in [0.1, 0.15) is 47.1 Å². The van der Waals surface area contributed by atoms with Crippen molar-refractivity contribution >= 4 is 17.2 Å². The topological polar surface area (TPSA) is 54.8 Å². The lowest BCUT2D eigenvalue weighted by atomic mass is 9.98. The zero-order valence-corrected chi connectivity index (χ0v) is 17.0. The van der Waals surface area contributed by atoms with Crippen LogP contribution in [-0.2, 0) is 19.0 Å². The molecule has 0 amide bonds. The van der Waals surface area contributed by atoms with Crippen LogP contribution >= 0.6 is 11.3 Å². The molecule has 1 aliphatic carbocycles. The number of halogens is 3. The van der Waals surface area contributed by atoms with Gasteiger partial charge in [0.2, 0.25) is 0 Å². The highest BCUT2D eigenvalue weighted by molar-refractivity contribution is 7.09. The van der Waals surface area contributed by atoms with Crippen LogP contribution in [0.2, 0.25) is 0 Å². The van der Waals surface area contributed by atoms with Gasteiger partial charge in [0.05, 0.1) is 5.01 Å². The van der Waals surface area contributed by atoms with E-state index < -0.39 is 11.9 Å². The van der Waals surface area contributed by atoms with Crippen LogP contribution in [0.15, 0.2) is 29.9 Å². The molecule has 156 valence electrons. The van der Waals surface area contributed by atoms with Crippen molar-refractivity contribution in [2.75, 3.05) is 18.0 Å². The number of nitrogens with zero attached hydrogens (tertiary/aromatic N) is 5. The standard InChI is InChI=1S/C21H20F3N5S/c22-21(23,24)17-12-30-20(27-17)14-3-2-10-29(11-14)19-15-4-1-5-16(15)26-18(28-19)13-6-8-25-9-7-13/h6-9,12,14H,1-5,10-11H2. The third-order valence-electron chi connectivity index (χ3n) is 5.73. The number of anilines is 1. The van der Waals surface area contributed by atoms with Crippen molar-refractivity contribution in [2.24, 2.45) is 0 Å². The summed E-state index contributed by atoms with van der Waals surface area (Å²) in [5, 5.41) is 1.69. The van der Waals surface area contributed by atoms with Crippen molar-refractivity contribution in [1.82, 2.24) is 19.9 Å². The highest BCUT2D eigenvalue weighted by Gasteiger charge is 2.35. The fourth-order valence-corrected chi connectivity index (χ4v) is 5.24. The molecule has 0 radical (unpaired) electrons. The number of piperidine rings is 1. The van der Waals surface area contributed by atoms with Crippen LogP contribution in [0.25, 0.3) is 11.4 Å². The van der Waals surface area contributed by atoms with Gasteiger partial charge in [-0.2, -0.15) is 13.2 Å². The monoisotopic (exact) mass is 431 g/mol. The Kier molecular flexibility index (Phi) is 4.92. The summed E-state index contributed by atoms with van der Waals surface area (Å²) in [6, 6.07) is 3.79. The second-order valence-corrected chi connectivity index (χ2v) is 8.63. The van der Waals surface area contributed by atoms with Gasteiger partial charge in [-0.3, -0.25) is 4.98 Å². The van der Waals surface area contributed by atoms with E-state index in [1.807, 2.05) is 12.1 Å². The first kappa shape index (κ1) is 19.4. The Bertz CT molecular complexity index is 1050. The van der Waals surface area contributed by atoms with Crippen LogP contribution in [0, 0.1) is 0 Å². The average Bonchev–Trinajstić information content (AvgIpc) is 3.43. The maximum Gasteiger partial charge on any atom is 0.434 e. The Labute approximate surface area is 176 Å². The van der Waals surface area contributed by atoms with Gasteiger partial charge in [0.15, 0.2) is 11.5 Å². The van der Waals surface area contributed by atoms with Crippen LogP contribution in [0.5, 0.6) is 0 Å². The molecular formula is C21H20F3N5S. The fourth-order valence-electron chi connectivity index (χ4n) is 4.28. The van der Waals surface area contributed by atoms with Gasteiger partial charge < -0.3 is 4.90 Å². The van der Waals surface area contributed by atoms with E-state index in [4.69, 9.17) is 9.97 Å². The summed E-state index contributed by atoms with van der Waals surface area (Å²) in [5.41, 5.74) is 2.40. The quantitative estimate of drug-likeness (QED) is 0.591. The van der Waals surface area contributed by atoms with Crippen LogP contribution in [-0.4, -0.2) is 33.0 Å². The van der Waals surface area contributed by atoms with Gasteiger partial charge in [0.25, 0.3) is 0 Å². The lowest BCUT2D eigenvalue weighted by Gasteiger charge is -2.34. The molecule has 1 atom stereocenters. The molecule has 2 aliphatic rings. The molecule has 0 N–H and O–H groups in total. The van der Waals surface area contributed by atoms with E-state index >= 15 is 0 Å². The van der Waals surface area contributed by atoms with Crippen molar-refractivity contribution < 1.29 is 13.2 Å². The maximum atomic E-state index is 13.0. The molecular weight excluding hydrogens is 411 g/mol. The normalized spacial score (nSPS) is 19.2. The summed E-state index contributed by atoms with van der Waals surface area (Å²) in [4.78, 5) is 19.9. The molecule has 3 aromatic rings. The van der Waals surface area contributed by atoms with Gasteiger partial charge in [0.1, 0.15) is 5.82 Å². The number of fused-ring (bicyclic) bond motifs is 1. The Morgan fingerprint density at radius 2 is 1.87 bits per heavy atom. The second kappa shape index (κ2) is 7.61. The van der Waals surface area contributed by atoms with Crippen LogP contribution < -0.4 is 4.90 Å². The molecule has 0 spiro atoms. The molecule has 9 heteroatoms. The molecule has 1 unspecified atom stereocenters. The van der Waals surface area contributed by atoms with Crippen molar-refractivity contribution in [2.45, 2.75) is 44.2 Å². The molecule has 0 saturated carbocycles. The molecule has 1 saturated heterocycles. The molecule has 3 aromatic heterocycles. The largest absolute Gasteiger partial charge is 0.434 e. The van der Waals surface area contributed by atoms with E-state index in [1.165, 1.54) is 5.56 Å². The number of hydrogen-bond acceptors (Lipinski definition) is 6. The predicted molar refractivity (Wildman–Crippen MR) is 109 cm³/mol. The highest BCUT2D eigenvalue weighted by Crippen LogP contribution is 2.38. The van der Waals surface area contributed by atoms with Crippen molar-refractivity contribution in [3.05, 3.63) is 51.9 Å². The van der Waals surface area contributed by atoms with E-state index in [0.29, 0.717) is 17.4 Å². The number of aromatic nitrogens is 4. The first-order chi connectivity index (χ1) is 14.5. The zero-order valence-electron chi connectivity index (χ0n) is 16.2. The number of pyridine rings is 1. The smallest absolute Gasteiger partial charge is 0.356 e. The second-order valence-electron chi connectivity index (χ2n) is 7.74. The third-order valence-corrected chi connectivity index (χ3v) is 6.74. The molecule has 5 rings (SSSR count). The molecule has 0 aromatic carbocycles. The van der Waals surface area contributed by atoms with Crippen LogP contribution in [0.3, 0.4) is 0 Å². The first-order valence-electron chi connectivity index (χ1n) is 10.1. The Hall–Kier alpha value is -2.55. The predicted octanol–water partition coefficient (Wildman–Crippen LogP) is 4.89. The maximum absolute atomic E-state index is 13.0. The van der Waals surface area contributed by atoms with E-state index in [0.717, 1.165) is 72.4 Å². The SMILES string of the molecule is FC(F)(F)c1csc(C2CCCN(c3nc(-c4ccncc4)nc4c3CCC4)C2)n1. The fraction of sp³-hybridized carbons (Fsp3) is 0.429. The van der Waals surface area contributed by atoms with Crippen LogP contribution in [0.4, 0.5) is 19.0 Å².